The fourth-order valence-corrected chi connectivity index (χ4v) is 3.69. The number of hydrogen-bond acceptors (Lipinski definition) is 3. The number of hydrogen-bond donors (Lipinski definition) is 3. The Morgan fingerprint density at radius 2 is 1.84 bits per heavy atom. The van der Waals surface area contributed by atoms with E-state index in [2.05, 4.69) is 53.7 Å². The van der Waals surface area contributed by atoms with Gasteiger partial charge in [0.1, 0.15) is 0 Å². The molecular weight excluding hydrogens is 503 g/mol. The third kappa shape index (κ3) is 7.50. The third-order valence-electron chi connectivity index (χ3n) is 5.38. The summed E-state index contributed by atoms with van der Waals surface area (Å²) in [4.78, 5) is 15.9. The van der Waals surface area contributed by atoms with Crippen molar-refractivity contribution < 1.29 is 9.53 Å². The Labute approximate surface area is 202 Å². The summed E-state index contributed by atoms with van der Waals surface area (Å²) in [6.07, 6.45) is 2.31. The number of amides is 1. The fourth-order valence-electron chi connectivity index (χ4n) is 3.69. The summed E-state index contributed by atoms with van der Waals surface area (Å²) in [5.41, 5.74) is 9.33. The molecule has 1 fully saturated rings. The number of halogens is 1. The summed E-state index contributed by atoms with van der Waals surface area (Å²) in [6, 6.07) is 15.9. The highest BCUT2D eigenvalue weighted by atomic mass is 127. The Balaban J connectivity index is 0.00000341. The Bertz CT molecular complexity index is 853. The van der Waals surface area contributed by atoms with Crippen LogP contribution in [0.2, 0.25) is 0 Å². The summed E-state index contributed by atoms with van der Waals surface area (Å²) in [5.74, 6) is 0.753. The molecule has 0 aliphatic carbocycles. The van der Waals surface area contributed by atoms with Crippen molar-refractivity contribution in [2.75, 3.05) is 19.7 Å². The quantitative estimate of drug-likeness (QED) is 0.284. The molecule has 168 valence electrons. The second kappa shape index (κ2) is 12.7. The molecule has 2 unspecified atom stereocenters. The zero-order valence-electron chi connectivity index (χ0n) is 18.3. The molecule has 1 amide bonds. The molecule has 0 saturated carbocycles. The van der Waals surface area contributed by atoms with Gasteiger partial charge in [0.15, 0.2) is 5.96 Å². The number of rotatable bonds is 7. The molecule has 1 saturated heterocycles. The number of aliphatic imine (C=N–C) groups is 1. The molecule has 4 N–H and O–H groups in total. The van der Waals surface area contributed by atoms with Crippen molar-refractivity contribution in [2.45, 2.75) is 39.3 Å². The van der Waals surface area contributed by atoms with Crippen LogP contribution < -0.4 is 16.4 Å². The molecule has 31 heavy (non-hydrogen) atoms. The molecule has 6 nitrogen and oxygen atoms in total. The van der Waals surface area contributed by atoms with Crippen molar-refractivity contribution in [3.63, 3.8) is 0 Å². The van der Waals surface area contributed by atoms with Gasteiger partial charge in [0.05, 0.1) is 12.6 Å². The van der Waals surface area contributed by atoms with Gasteiger partial charge in [-0.15, -0.1) is 24.0 Å². The number of benzene rings is 2. The van der Waals surface area contributed by atoms with Gasteiger partial charge in [0.25, 0.3) is 0 Å². The minimum absolute atomic E-state index is 0. The summed E-state index contributed by atoms with van der Waals surface area (Å²) < 4.78 is 6.13. The van der Waals surface area contributed by atoms with Crippen molar-refractivity contribution >= 4 is 35.8 Å². The molecular formula is C24H33IN4O2. The van der Waals surface area contributed by atoms with Crippen LogP contribution in [0.25, 0.3) is 0 Å². The molecule has 7 heteroatoms. The van der Waals surface area contributed by atoms with Gasteiger partial charge >= 0.3 is 0 Å². The molecule has 0 radical (unpaired) electrons. The lowest BCUT2D eigenvalue weighted by Gasteiger charge is -2.32. The van der Waals surface area contributed by atoms with Crippen LogP contribution in [-0.4, -0.2) is 31.6 Å². The van der Waals surface area contributed by atoms with Crippen LogP contribution in [0.15, 0.2) is 53.5 Å². The van der Waals surface area contributed by atoms with Crippen LogP contribution in [0.5, 0.6) is 0 Å². The van der Waals surface area contributed by atoms with Crippen LogP contribution in [-0.2, 0) is 11.3 Å². The lowest BCUT2D eigenvalue weighted by molar-refractivity contribution is -0.0265. The predicted molar refractivity (Wildman–Crippen MR) is 136 cm³/mol. The van der Waals surface area contributed by atoms with Gasteiger partial charge in [-0.3, -0.25) is 4.79 Å². The van der Waals surface area contributed by atoms with E-state index in [0.29, 0.717) is 18.0 Å². The van der Waals surface area contributed by atoms with Crippen LogP contribution in [0.4, 0.5) is 0 Å². The number of nitrogens with zero attached hydrogens (tertiary/aromatic N) is 1. The smallest absolute Gasteiger partial charge is 0.248 e. The summed E-state index contributed by atoms with van der Waals surface area (Å²) in [6.45, 7) is 7.07. The Kier molecular flexibility index (Phi) is 10.3. The number of nitrogens with one attached hydrogen (secondary N) is 2. The number of carbonyl (C=O) groups is 1. The highest BCUT2D eigenvalue weighted by Gasteiger charge is 2.27. The number of nitrogens with two attached hydrogens (primary N) is 1. The molecule has 1 aliphatic rings. The van der Waals surface area contributed by atoms with Gasteiger partial charge in [-0.05, 0) is 49.9 Å². The van der Waals surface area contributed by atoms with Crippen LogP contribution in [0.1, 0.15) is 52.9 Å². The van der Waals surface area contributed by atoms with E-state index >= 15 is 0 Å². The number of carbonyl (C=O) groups excluding carboxylic acids is 1. The number of ether oxygens (including phenoxy) is 1. The first kappa shape index (κ1) is 25.1. The van der Waals surface area contributed by atoms with E-state index in [4.69, 9.17) is 10.5 Å². The average Bonchev–Trinajstić information content (AvgIpc) is 2.77. The maximum absolute atomic E-state index is 11.2. The first-order valence-corrected chi connectivity index (χ1v) is 10.7. The molecule has 0 aromatic heterocycles. The monoisotopic (exact) mass is 536 g/mol. The van der Waals surface area contributed by atoms with Crippen LogP contribution in [0.3, 0.4) is 0 Å². The van der Waals surface area contributed by atoms with E-state index < -0.39 is 5.91 Å². The number of primary amides is 1. The molecule has 0 spiro atoms. The van der Waals surface area contributed by atoms with Gasteiger partial charge in [-0.2, -0.15) is 0 Å². The summed E-state index contributed by atoms with van der Waals surface area (Å²) in [5, 5.41) is 6.79. The van der Waals surface area contributed by atoms with Crippen LogP contribution in [0, 0.1) is 12.8 Å². The predicted octanol–water partition coefficient (Wildman–Crippen LogP) is 3.93. The minimum Gasteiger partial charge on any atom is -0.373 e. The van der Waals surface area contributed by atoms with Crippen molar-refractivity contribution in [3.05, 3.63) is 70.8 Å². The first-order valence-electron chi connectivity index (χ1n) is 10.7. The summed E-state index contributed by atoms with van der Waals surface area (Å²) >= 11 is 0. The first-order chi connectivity index (χ1) is 14.6. The van der Waals surface area contributed by atoms with Crippen LogP contribution >= 0.6 is 24.0 Å². The highest BCUT2D eigenvalue weighted by Crippen LogP contribution is 2.33. The second-order valence-electron chi connectivity index (χ2n) is 7.74. The van der Waals surface area contributed by atoms with E-state index in [0.717, 1.165) is 44.1 Å². The lowest BCUT2D eigenvalue weighted by Crippen LogP contribution is -2.42. The van der Waals surface area contributed by atoms with Crippen molar-refractivity contribution in [1.82, 2.24) is 10.6 Å². The Morgan fingerprint density at radius 1 is 1.13 bits per heavy atom. The van der Waals surface area contributed by atoms with Crippen molar-refractivity contribution in [1.29, 1.82) is 0 Å². The lowest BCUT2D eigenvalue weighted by atomic mass is 9.89. The third-order valence-corrected chi connectivity index (χ3v) is 5.38. The van der Waals surface area contributed by atoms with E-state index in [1.54, 1.807) is 12.1 Å². The standard InChI is InChI=1S/C24H32N4O2.HI/c1-3-26-24(27-15-18-8-12-20(13-9-18)23(25)29)28-16-21-5-4-14-30-22(21)19-10-6-17(2)7-11-19;/h6-13,21-22H,3-5,14-16H2,1-2H3,(H2,25,29)(H2,26,27,28);1H. The molecule has 1 heterocycles. The van der Waals surface area contributed by atoms with Gasteiger partial charge in [-0.1, -0.05) is 42.0 Å². The number of aryl methyl sites for hydroxylation is 1. The van der Waals surface area contributed by atoms with E-state index in [9.17, 15) is 4.79 Å². The molecule has 2 aromatic carbocycles. The number of guanidine groups is 1. The maximum atomic E-state index is 11.2. The topological polar surface area (TPSA) is 88.7 Å². The van der Waals surface area contributed by atoms with E-state index in [1.807, 2.05) is 12.1 Å². The molecule has 2 aromatic rings. The molecule has 3 rings (SSSR count). The molecule has 1 aliphatic heterocycles. The zero-order valence-corrected chi connectivity index (χ0v) is 20.6. The largest absolute Gasteiger partial charge is 0.373 e. The Morgan fingerprint density at radius 3 is 2.48 bits per heavy atom. The zero-order chi connectivity index (χ0) is 21.3. The second-order valence-corrected chi connectivity index (χ2v) is 7.74. The highest BCUT2D eigenvalue weighted by molar-refractivity contribution is 14.0. The van der Waals surface area contributed by atoms with Crippen molar-refractivity contribution in [3.8, 4) is 0 Å². The molecule has 0 bridgehead atoms. The Hall–Kier alpha value is -2.13. The SMILES string of the molecule is CCNC(=NCc1ccc(C(N)=O)cc1)NCC1CCCOC1c1ccc(C)cc1.I. The average molecular weight is 536 g/mol. The van der Waals surface area contributed by atoms with Gasteiger partial charge in [0.2, 0.25) is 5.91 Å². The van der Waals surface area contributed by atoms with Gasteiger partial charge < -0.3 is 21.1 Å². The fraction of sp³-hybridized carbons (Fsp3) is 0.417. The van der Waals surface area contributed by atoms with Gasteiger partial charge in [0, 0.05) is 31.2 Å². The van der Waals surface area contributed by atoms with E-state index in [-0.39, 0.29) is 30.1 Å². The normalized spacial score (nSPS) is 18.7. The van der Waals surface area contributed by atoms with E-state index in [1.165, 1.54) is 11.1 Å². The summed E-state index contributed by atoms with van der Waals surface area (Å²) in [7, 11) is 0. The molecule has 2 atom stereocenters. The maximum Gasteiger partial charge on any atom is 0.248 e. The van der Waals surface area contributed by atoms with Crippen molar-refractivity contribution in [2.24, 2.45) is 16.6 Å². The minimum atomic E-state index is -0.419. The van der Waals surface area contributed by atoms with Gasteiger partial charge in [-0.25, -0.2) is 4.99 Å².